The molecule has 19 atom stereocenters. The maximum Gasteiger partial charge on any atom is 0.186 e. The lowest BCUT2D eigenvalue weighted by molar-refractivity contribution is -0.343. The summed E-state index contributed by atoms with van der Waals surface area (Å²) in [5, 5.41) is 140. The van der Waals surface area contributed by atoms with Gasteiger partial charge in [0.05, 0.1) is 26.4 Å². The second-order valence-corrected chi connectivity index (χ2v) is 10.9. The highest BCUT2D eigenvalue weighted by Gasteiger charge is 2.49. The zero-order chi connectivity index (χ0) is 33.7. The molecule has 0 unspecified atom stereocenters. The highest BCUT2D eigenvalue weighted by molar-refractivity contribution is 5.56. The van der Waals surface area contributed by atoms with Crippen molar-refractivity contribution >= 4 is 6.29 Å². The largest absolute Gasteiger partial charge is 0.394 e. The molecule has 0 saturated carbocycles. The van der Waals surface area contributed by atoms with Gasteiger partial charge in [0, 0.05) is 0 Å². The summed E-state index contributed by atoms with van der Waals surface area (Å²) in [6.45, 7) is -2.97. The first-order chi connectivity index (χ1) is 21.1. The molecule has 3 aliphatic rings. The molecular weight excluding hydrogens is 624 g/mol. The fraction of sp³-hybridized carbons (Fsp3) is 0.958. The second kappa shape index (κ2) is 16.8. The minimum atomic E-state index is -2.09. The van der Waals surface area contributed by atoms with Crippen LogP contribution in [-0.4, -0.2) is 221 Å². The molecule has 0 spiro atoms. The zero-order valence-corrected chi connectivity index (χ0v) is 23.5. The average Bonchev–Trinajstić information content (AvgIpc) is 3.03. The van der Waals surface area contributed by atoms with E-state index in [-0.39, 0.29) is 6.29 Å². The van der Waals surface area contributed by atoms with Crippen LogP contribution in [0.25, 0.3) is 0 Å². The molecule has 3 aliphatic heterocycles. The molecule has 264 valence electrons. The molecule has 45 heavy (non-hydrogen) atoms. The van der Waals surface area contributed by atoms with Gasteiger partial charge in [0.2, 0.25) is 0 Å². The summed E-state index contributed by atoms with van der Waals surface area (Å²) in [7, 11) is 0. The lowest BCUT2D eigenvalue weighted by Gasteiger charge is -2.44. The van der Waals surface area contributed by atoms with E-state index >= 15 is 0 Å². The number of carbonyl (C=O) groups excluding carboxylic acids is 1. The Kier molecular flexibility index (Phi) is 14.3. The van der Waals surface area contributed by atoms with E-state index in [9.17, 15) is 76.3 Å². The first-order valence-electron chi connectivity index (χ1n) is 13.9. The van der Waals surface area contributed by atoms with Gasteiger partial charge in [0.1, 0.15) is 97.7 Å². The van der Waals surface area contributed by atoms with Gasteiger partial charge in [0.15, 0.2) is 25.2 Å². The van der Waals surface area contributed by atoms with Crippen molar-refractivity contribution in [1.29, 1.82) is 0 Å². The molecule has 3 saturated heterocycles. The lowest BCUT2D eigenvalue weighted by Crippen LogP contribution is -2.62. The molecule has 0 aromatic carbocycles. The normalized spacial score (nSPS) is 45.4. The van der Waals surface area contributed by atoms with Crippen molar-refractivity contribution in [1.82, 2.24) is 0 Å². The van der Waals surface area contributed by atoms with Crippen LogP contribution in [0.2, 0.25) is 0 Å². The quantitative estimate of drug-likeness (QED) is 0.0765. The number of aliphatic hydroxyl groups excluding tert-OH is 14. The molecular formula is C24H42O21. The van der Waals surface area contributed by atoms with Crippen molar-refractivity contribution in [2.75, 3.05) is 26.4 Å². The molecule has 0 bridgehead atoms. The van der Waals surface area contributed by atoms with Crippen molar-refractivity contribution in [2.45, 2.75) is 117 Å². The van der Waals surface area contributed by atoms with Gasteiger partial charge in [0.25, 0.3) is 0 Å². The molecule has 21 nitrogen and oxygen atoms in total. The summed E-state index contributed by atoms with van der Waals surface area (Å²) >= 11 is 0. The van der Waals surface area contributed by atoms with E-state index in [4.69, 9.17) is 28.4 Å². The Morgan fingerprint density at radius 2 is 0.911 bits per heavy atom. The van der Waals surface area contributed by atoms with Crippen molar-refractivity contribution in [3.63, 3.8) is 0 Å². The first-order valence-corrected chi connectivity index (χ1v) is 13.9. The Labute approximate surface area is 254 Å². The third kappa shape index (κ3) is 8.87. The maximum absolute atomic E-state index is 10.6. The SMILES string of the molecule is O=C[C@H](O)[C@@H](O)[C@H](O)[C@H](O)CO[C@H]1O[C@H](CO[C@H]2O[C@H](CO[C@H]3O[C@H](CO)[C@@H](O)[C@H](O)[C@H]3O)[C@@H](O)[C@H](O)[C@H]2O)[C@@H](O)[C@H](O)[C@H]1O. The lowest BCUT2D eigenvalue weighted by atomic mass is 9.98. The predicted octanol–water partition coefficient (Wildman–Crippen LogP) is -9.91. The van der Waals surface area contributed by atoms with Gasteiger partial charge in [-0.3, -0.25) is 0 Å². The van der Waals surface area contributed by atoms with Gasteiger partial charge in [-0.2, -0.15) is 0 Å². The number of rotatable bonds is 14. The van der Waals surface area contributed by atoms with Crippen LogP contribution in [0.5, 0.6) is 0 Å². The molecule has 0 aromatic rings. The predicted molar refractivity (Wildman–Crippen MR) is 135 cm³/mol. The number of hydrogen-bond donors (Lipinski definition) is 14. The molecule has 0 aromatic heterocycles. The molecule has 0 radical (unpaired) electrons. The molecule has 21 heteroatoms. The van der Waals surface area contributed by atoms with Gasteiger partial charge in [-0.05, 0) is 0 Å². The fourth-order valence-electron chi connectivity index (χ4n) is 4.77. The number of carbonyl (C=O) groups is 1. The van der Waals surface area contributed by atoms with Crippen LogP contribution >= 0.6 is 0 Å². The Balaban J connectivity index is 1.58. The van der Waals surface area contributed by atoms with Gasteiger partial charge in [-0.25, -0.2) is 0 Å². The molecule has 3 fully saturated rings. The Bertz CT molecular complexity index is 899. The Morgan fingerprint density at radius 1 is 0.533 bits per heavy atom. The van der Waals surface area contributed by atoms with E-state index in [0.29, 0.717) is 0 Å². The van der Waals surface area contributed by atoms with Crippen molar-refractivity contribution in [3.8, 4) is 0 Å². The smallest absolute Gasteiger partial charge is 0.186 e. The van der Waals surface area contributed by atoms with E-state index in [1.807, 2.05) is 0 Å². The first kappa shape index (κ1) is 38.3. The maximum atomic E-state index is 10.6. The van der Waals surface area contributed by atoms with Crippen LogP contribution in [0, 0.1) is 0 Å². The number of ether oxygens (including phenoxy) is 6. The van der Waals surface area contributed by atoms with Crippen LogP contribution in [0.3, 0.4) is 0 Å². The Morgan fingerprint density at radius 3 is 1.31 bits per heavy atom. The van der Waals surface area contributed by atoms with Crippen LogP contribution in [0.1, 0.15) is 0 Å². The van der Waals surface area contributed by atoms with E-state index in [1.54, 1.807) is 0 Å². The summed E-state index contributed by atoms with van der Waals surface area (Å²) in [5.74, 6) is 0. The summed E-state index contributed by atoms with van der Waals surface area (Å²) < 4.78 is 31.9. The van der Waals surface area contributed by atoms with E-state index in [0.717, 1.165) is 0 Å². The van der Waals surface area contributed by atoms with Crippen molar-refractivity contribution in [3.05, 3.63) is 0 Å². The molecule has 14 N–H and O–H groups in total. The Hall–Kier alpha value is -1.13. The van der Waals surface area contributed by atoms with Gasteiger partial charge in [-0.1, -0.05) is 0 Å². The monoisotopic (exact) mass is 666 g/mol. The van der Waals surface area contributed by atoms with E-state index < -0.39 is 143 Å². The minimum absolute atomic E-state index is 0.0835. The molecule has 0 aliphatic carbocycles. The zero-order valence-electron chi connectivity index (χ0n) is 23.5. The molecule has 3 rings (SSSR count). The summed E-state index contributed by atoms with van der Waals surface area (Å²) in [5.41, 5.74) is 0. The average molecular weight is 667 g/mol. The number of hydrogen-bond acceptors (Lipinski definition) is 21. The van der Waals surface area contributed by atoms with Gasteiger partial charge >= 0.3 is 0 Å². The summed E-state index contributed by atoms with van der Waals surface area (Å²) in [6.07, 6.45) is -34.1. The highest BCUT2D eigenvalue weighted by atomic mass is 16.7. The van der Waals surface area contributed by atoms with Crippen LogP contribution in [0.15, 0.2) is 0 Å². The molecule has 3 heterocycles. The second-order valence-electron chi connectivity index (χ2n) is 10.9. The van der Waals surface area contributed by atoms with Gasteiger partial charge in [-0.15, -0.1) is 0 Å². The van der Waals surface area contributed by atoms with Crippen LogP contribution in [-0.2, 0) is 33.2 Å². The third-order valence-electron chi connectivity index (χ3n) is 7.70. The minimum Gasteiger partial charge on any atom is -0.394 e. The third-order valence-corrected chi connectivity index (χ3v) is 7.70. The summed E-state index contributed by atoms with van der Waals surface area (Å²) in [4.78, 5) is 10.6. The van der Waals surface area contributed by atoms with Crippen LogP contribution in [0.4, 0.5) is 0 Å². The number of aliphatic hydroxyl groups is 14. The van der Waals surface area contributed by atoms with E-state index in [1.165, 1.54) is 0 Å². The van der Waals surface area contributed by atoms with E-state index in [2.05, 4.69) is 0 Å². The fourth-order valence-corrected chi connectivity index (χ4v) is 4.77. The van der Waals surface area contributed by atoms with Crippen molar-refractivity contribution in [2.24, 2.45) is 0 Å². The van der Waals surface area contributed by atoms with Gasteiger partial charge < -0.3 is 105 Å². The standard InChI is InChI=1S/C24H42O21/c25-1-6(27)11(29)12(30)7(28)3-40-22-20(38)17(35)14(32)9(44-22)5-42-24-21(39)18(36)15(33)10(45-24)4-41-23-19(37)16(34)13(31)8(2-26)43-23/h1,6-24,26-39H,2-5H2/t6-,7+,8+,9+,10+,11+,12+,13+,14+,15+,16-,17-,18-,19+,20+,21+,22-,23-,24-/m0/s1. The topological polar surface area (TPSA) is 356 Å². The summed E-state index contributed by atoms with van der Waals surface area (Å²) in [6, 6.07) is 0. The van der Waals surface area contributed by atoms with Crippen LogP contribution < -0.4 is 0 Å². The number of aldehydes is 1. The van der Waals surface area contributed by atoms with Crippen molar-refractivity contribution < 1.29 is 105 Å². The molecule has 0 amide bonds. The highest BCUT2D eigenvalue weighted by Crippen LogP contribution is 2.28.